The van der Waals surface area contributed by atoms with Gasteiger partial charge in [-0.1, -0.05) is 19.3 Å². The largest absolute Gasteiger partial charge is 0.490 e. The molecule has 0 saturated heterocycles. The molecule has 1 N–H and O–H groups in total. The summed E-state index contributed by atoms with van der Waals surface area (Å²) in [6, 6.07) is 11.4. The summed E-state index contributed by atoms with van der Waals surface area (Å²) < 4.78 is 38.6. The number of sulfonamides is 1. The Bertz CT molecular complexity index is 1020. The first-order valence-corrected chi connectivity index (χ1v) is 12.9. The van der Waals surface area contributed by atoms with E-state index in [0.717, 1.165) is 25.7 Å². The molecular weight excluding hydrogens is 496 g/mol. The normalized spacial score (nSPS) is 15.0. The van der Waals surface area contributed by atoms with Crippen LogP contribution in [0.3, 0.4) is 0 Å². The standard InChI is InChI=1S/C23H29BrN2O5S/c1-26(19-6-4-3-5-7-19)32(28,29)20-11-9-18(10-12-20)25-23(27)17-8-13-22(21(24)16-17)31-15-14-30-2/h8-13,16,19H,3-7,14-15H2,1-2H3,(H,25,27). The maximum absolute atomic E-state index is 13.0. The first kappa shape index (κ1) is 24.7. The van der Waals surface area contributed by atoms with E-state index in [1.165, 1.54) is 22.9 Å². The van der Waals surface area contributed by atoms with Gasteiger partial charge < -0.3 is 14.8 Å². The number of benzene rings is 2. The van der Waals surface area contributed by atoms with Gasteiger partial charge in [-0.2, -0.15) is 4.31 Å². The van der Waals surface area contributed by atoms with Crippen molar-refractivity contribution >= 4 is 37.5 Å². The Balaban J connectivity index is 1.65. The molecule has 32 heavy (non-hydrogen) atoms. The minimum absolute atomic E-state index is 0.0491. The molecule has 1 aliphatic carbocycles. The monoisotopic (exact) mass is 524 g/mol. The summed E-state index contributed by atoms with van der Waals surface area (Å²) in [7, 11) is -0.310. The smallest absolute Gasteiger partial charge is 0.255 e. The molecule has 0 atom stereocenters. The van der Waals surface area contributed by atoms with Gasteiger partial charge in [-0.15, -0.1) is 0 Å². The highest BCUT2D eigenvalue weighted by atomic mass is 79.9. The molecule has 0 radical (unpaired) electrons. The highest BCUT2D eigenvalue weighted by Gasteiger charge is 2.29. The average Bonchev–Trinajstić information content (AvgIpc) is 2.80. The number of nitrogens with one attached hydrogen (secondary N) is 1. The van der Waals surface area contributed by atoms with Crippen LogP contribution >= 0.6 is 15.9 Å². The number of rotatable bonds is 9. The van der Waals surface area contributed by atoms with Crippen LogP contribution in [0.5, 0.6) is 5.75 Å². The molecule has 1 saturated carbocycles. The van der Waals surface area contributed by atoms with Gasteiger partial charge >= 0.3 is 0 Å². The Morgan fingerprint density at radius 1 is 1.09 bits per heavy atom. The number of nitrogens with zero attached hydrogens (tertiary/aromatic N) is 1. The summed E-state index contributed by atoms with van der Waals surface area (Å²) in [5.74, 6) is 0.319. The second-order valence-corrected chi connectivity index (χ2v) is 10.6. The van der Waals surface area contributed by atoms with Crippen LogP contribution in [0, 0.1) is 0 Å². The number of amides is 1. The number of hydrogen-bond acceptors (Lipinski definition) is 5. The van der Waals surface area contributed by atoms with E-state index in [2.05, 4.69) is 21.2 Å². The molecule has 174 valence electrons. The Morgan fingerprint density at radius 3 is 2.41 bits per heavy atom. The summed E-state index contributed by atoms with van der Waals surface area (Å²) in [4.78, 5) is 12.8. The molecule has 0 heterocycles. The molecule has 0 aliphatic heterocycles. The predicted molar refractivity (Wildman–Crippen MR) is 128 cm³/mol. The van der Waals surface area contributed by atoms with Crippen molar-refractivity contribution in [3.8, 4) is 5.75 Å². The highest BCUT2D eigenvalue weighted by molar-refractivity contribution is 9.10. The average molecular weight is 525 g/mol. The van der Waals surface area contributed by atoms with Gasteiger partial charge in [0.05, 0.1) is 16.0 Å². The third-order valence-corrected chi connectivity index (χ3v) is 8.16. The van der Waals surface area contributed by atoms with Gasteiger partial charge in [0, 0.05) is 31.5 Å². The van der Waals surface area contributed by atoms with Crippen LogP contribution in [-0.4, -0.2) is 52.0 Å². The molecule has 0 unspecified atom stereocenters. The van der Waals surface area contributed by atoms with Crippen molar-refractivity contribution < 1.29 is 22.7 Å². The summed E-state index contributed by atoms with van der Waals surface area (Å²) in [5.41, 5.74) is 0.968. The van der Waals surface area contributed by atoms with Gasteiger partial charge in [0.1, 0.15) is 12.4 Å². The van der Waals surface area contributed by atoms with Crippen molar-refractivity contribution in [1.82, 2.24) is 4.31 Å². The molecule has 0 bridgehead atoms. The SMILES string of the molecule is COCCOc1ccc(C(=O)Nc2ccc(S(=O)(=O)N(C)C3CCCCC3)cc2)cc1Br. The fourth-order valence-corrected chi connectivity index (χ4v) is 5.62. The van der Waals surface area contributed by atoms with Crippen LogP contribution in [0.15, 0.2) is 51.8 Å². The topological polar surface area (TPSA) is 84.9 Å². The molecular formula is C23H29BrN2O5S. The number of hydrogen-bond donors (Lipinski definition) is 1. The van der Waals surface area contributed by atoms with Gasteiger partial charge in [0.15, 0.2) is 0 Å². The molecule has 0 aromatic heterocycles. The molecule has 9 heteroatoms. The number of carbonyl (C=O) groups is 1. The Hall–Kier alpha value is -1.94. The molecule has 1 amide bonds. The van der Waals surface area contributed by atoms with Gasteiger partial charge in [0.25, 0.3) is 5.91 Å². The predicted octanol–water partition coefficient (Wildman–Crippen LogP) is 4.68. The zero-order chi connectivity index (χ0) is 23.1. The van der Waals surface area contributed by atoms with Crippen LogP contribution in [0.25, 0.3) is 0 Å². The minimum Gasteiger partial charge on any atom is -0.490 e. The van der Waals surface area contributed by atoms with E-state index in [0.29, 0.717) is 34.7 Å². The van der Waals surface area contributed by atoms with Crippen molar-refractivity contribution in [2.24, 2.45) is 0 Å². The Kier molecular flexibility index (Phi) is 8.70. The highest BCUT2D eigenvalue weighted by Crippen LogP contribution is 2.28. The fourth-order valence-electron chi connectivity index (χ4n) is 3.71. The van der Waals surface area contributed by atoms with Gasteiger partial charge in [0.2, 0.25) is 10.0 Å². The van der Waals surface area contributed by atoms with Gasteiger partial charge in [-0.25, -0.2) is 8.42 Å². The third-order valence-electron chi connectivity index (χ3n) is 5.62. The van der Waals surface area contributed by atoms with Gasteiger partial charge in [-0.3, -0.25) is 4.79 Å². The summed E-state index contributed by atoms with van der Waals surface area (Å²) in [6.07, 6.45) is 5.09. The van der Waals surface area contributed by atoms with E-state index in [4.69, 9.17) is 9.47 Å². The van der Waals surface area contributed by atoms with E-state index in [9.17, 15) is 13.2 Å². The van der Waals surface area contributed by atoms with Crippen molar-refractivity contribution in [2.75, 3.05) is 32.7 Å². The van der Waals surface area contributed by atoms with Crippen LogP contribution in [-0.2, 0) is 14.8 Å². The van der Waals surface area contributed by atoms with E-state index < -0.39 is 10.0 Å². The first-order chi connectivity index (χ1) is 15.3. The van der Waals surface area contributed by atoms with Crippen molar-refractivity contribution in [2.45, 2.75) is 43.0 Å². The lowest BCUT2D eigenvalue weighted by atomic mass is 9.96. The second-order valence-electron chi connectivity index (χ2n) is 7.78. The molecule has 1 fully saturated rings. The third kappa shape index (κ3) is 6.10. The molecule has 2 aromatic rings. The van der Waals surface area contributed by atoms with E-state index in [1.807, 2.05) is 0 Å². The van der Waals surface area contributed by atoms with Crippen LogP contribution in [0.4, 0.5) is 5.69 Å². The zero-order valence-corrected chi connectivity index (χ0v) is 20.7. The Morgan fingerprint density at radius 2 is 1.78 bits per heavy atom. The quantitative estimate of drug-likeness (QED) is 0.481. The lowest BCUT2D eigenvalue weighted by Gasteiger charge is -2.30. The first-order valence-electron chi connectivity index (χ1n) is 10.6. The number of carbonyl (C=O) groups excluding carboxylic acids is 1. The number of halogens is 1. The minimum atomic E-state index is -3.56. The lowest BCUT2D eigenvalue weighted by Crippen LogP contribution is -2.38. The molecule has 2 aromatic carbocycles. The van der Waals surface area contributed by atoms with Crippen LogP contribution < -0.4 is 10.1 Å². The van der Waals surface area contributed by atoms with Crippen molar-refractivity contribution in [3.05, 3.63) is 52.5 Å². The molecule has 0 spiro atoms. The fraction of sp³-hybridized carbons (Fsp3) is 0.435. The summed E-state index contributed by atoms with van der Waals surface area (Å²) in [5, 5.41) is 2.80. The Labute approximate surface area is 198 Å². The molecule has 3 rings (SSSR count). The maximum atomic E-state index is 13.0. The van der Waals surface area contributed by atoms with Crippen molar-refractivity contribution in [3.63, 3.8) is 0 Å². The lowest BCUT2D eigenvalue weighted by molar-refractivity contribution is 0.102. The maximum Gasteiger partial charge on any atom is 0.255 e. The second kappa shape index (κ2) is 11.3. The molecule has 7 nitrogen and oxygen atoms in total. The van der Waals surface area contributed by atoms with E-state index >= 15 is 0 Å². The van der Waals surface area contributed by atoms with E-state index in [1.54, 1.807) is 44.5 Å². The van der Waals surface area contributed by atoms with Crippen LogP contribution in [0.1, 0.15) is 42.5 Å². The number of anilines is 1. The van der Waals surface area contributed by atoms with Gasteiger partial charge in [-0.05, 0) is 71.2 Å². The van der Waals surface area contributed by atoms with Crippen molar-refractivity contribution in [1.29, 1.82) is 0 Å². The molecule has 1 aliphatic rings. The summed E-state index contributed by atoms with van der Waals surface area (Å²) >= 11 is 3.41. The van der Waals surface area contributed by atoms with Crippen LogP contribution in [0.2, 0.25) is 0 Å². The summed E-state index contributed by atoms with van der Waals surface area (Å²) in [6.45, 7) is 0.878. The number of ether oxygens (including phenoxy) is 2. The zero-order valence-electron chi connectivity index (χ0n) is 18.3. The number of methoxy groups -OCH3 is 1. The van der Waals surface area contributed by atoms with E-state index in [-0.39, 0.29) is 16.8 Å².